The molecule has 3 N–H and O–H groups in total. The van der Waals surface area contributed by atoms with Crippen LogP contribution >= 0.6 is 11.3 Å². The molecule has 0 radical (unpaired) electrons. The molecule has 0 saturated heterocycles. The van der Waals surface area contributed by atoms with Crippen LogP contribution in [0.2, 0.25) is 0 Å². The average Bonchev–Trinajstić information content (AvgIpc) is 3.10. The van der Waals surface area contributed by atoms with Crippen molar-refractivity contribution >= 4 is 23.0 Å². The molecule has 0 fully saturated rings. The van der Waals surface area contributed by atoms with E-state index in [1.165, 1.54) is 29.5 Å². The van der Waals surface area contributed by atoms with Gasteiger partial charge in [0.15, 0.2) is 11.7 Å². The van der Waals surface area contributed by atoms with Crippen molar-refractivity contribution < 1.29 is 17.9 Å². The summed E-state index contributed by atoms with van der Waals surface area (Å²) >= 11 is 1.43. The molecule has 27 heavy (non-hydrogen) atoms. The third kappa shape index (κ3) is 5.45. The van der Waals surface area contributed by atoms with Crippen LogP contribution in [0.25, 0.3) is 11.3 Å². The first-order chi connectivity index (χ1) is 12.9. The minimum atomic E-state index is -4.79. The van der Waals surface area contributed by atoms with E-state index in [-0.39, 0.29) is 23.9 Å². The van der Waals surface area contributed by atoms with Crippen molar-refractivity contribution in [1.82, 2.24) is 4.98 Å². The maximum atomic E-state index is 12.5. The zero-order valence-corrected chi connectivity index (χ0v) is 14.7. The molecule has 1 aromatic heterocycles. The number of aliphatic imine (C=N–C) groups is 1. The summed E-state index contributed by atoms with van der Waals surface area (Å²) in [7, 11) is 0. The van der Waals surface area contributed by atoms with Crippen LogP contribution in [-0.4, -0.2) is 17.3 Å². The summed E-state index contributed by atoms with van der Waals surface area (Å²) in [5, 5.41) is 5.27. The fourth-order valence-electron chi connectivity index (χ4n) is 2.24. The number of thiazole rings is 1. The van der Waals surface area contributed by atoms with Crippen LogP contribution in [0.3, 0.4) is 0 Å². The number of hydrogen-bond donors (Lipinski definition) is 2. The highest BCUT2D eigenvalue weighted by Gasteiger charge is 2.32. The first kappa shape index (κ1) is 18.7. The maximum Gasteiger partial charge on any atom is 0.573 e. The number of nitrogens with two attached hydrogens (primary N) is 1. The molecule has 5 nitrogen and oxygen atoms in total. The highest BCUT2D eigenvalue weighted by atomic mass is 32.1. The van der Waals surface area contributed by atoms with Crippen LogP contribution in [-0.2, 0) is 6.54 Å². The average molecular weight is 392 g/mol. The first-order valence-electron chi connectivity index (χ1n) is 7.82. The Morgan fingerprint density at radius 2 is 1.81 bits per heavy atom. The lowest BCUT2D eigenvalue weighted by molar-refractivity contribution is -0.274. The Kier molecular flexibility index (Phi) is 5.60. The van der Waals surface area contributed by atoms with Crippen molar-refractivity contribution in [3.8, 4) is 17.0 Å². The number of halogens is 3. The fraction of sp³-hybridized carbons (Fsp3) is 0.111. The SMILES string of the molecule is NC(=NCc1nc(-c2ccccc2)cs1)Nc1ccccc1OC(F)(F)F. The molecule has 0 amide bonds. The second kappa shape index (κ2) is 8.09. The van der Waals surface area contributed by atoms with Gasteiger partial charge in [-0.2, -0.15) is 0 Å². The number of anilines is 1. The Morgan fingerprint density at radius 1 is 1.11 bits per heavy atom. The van der Waals surface area contributed by atoms with Crippen molar-refractivity contribution in [2.45, 2.75) is 12.9 Å². The maximum absolute atomic E-state index is 12.5. The van der Waals surface area contributed by atoms with Gasteiger partial charge in [-0.05, 0) is 12.1 Å². The summed E-state index contributed by atoms with van der Waals surface area (Å²) in [6.45, 7) is 0.207. The normalized spacial score (nSPS) is 12.0. The number of para-hydroxylation sites is 2. The molecule has 0 spiro atoms. The second-order valence-electron chi connectivity index (χ2n) is 5.36. The zero-order valence-electron chi connectivity index (χ0n) is 13.9. The minimum Gasteiger partial charge on any atom is -0.404 e. The van der Waals surface area contributed by atoms with Gasteiger partial charge in [-0.25, -0.2) is 9.98 Å². The molecule has 0 aliphatic heterocycles. The number of rotatable bonds is 5. The molecule has 0 aliphatic rings. The highest BCUT2D eigenvalue weighted by molar-refractivity contribution is 7.09. The van der Waals surface area contributed by atoms with E-state index in [0.29, 0.717) is 0 Å². The van der Waals surface area contributed by atoms with Crippen molar-refractivity contribution in [3.05, 3.63) is 65.0 Å². The molecule has 3 aromatic rings. The number of benzene rings is 2. The third-order valence-corrected chi connectivity index (χ3v) is 4.22. The smallest absolute Gasteiger partial charge is 0.404 e. The lowest BCUT2D eigenvalue weighted by Crippen LogP contribution is -2.24. The zero-order chi connectivity index (χ0) is 19.3. The molecule has 0 unspecified atom stereocenters. The van der Waals surface area contributed by atoms with Gasteiger partial charge in [-0.15, -0.1) is 24.5 Å². The molecule has 140 valence electrons. The lowest BCUT2D eigenvalue weighted by atomic mass is 10.2. The van der Waals surface area contributed by atoms with Crippen LogP contribution in [0.4, 0.5) is 18.9 Å². The van der Waals surface area contributed by atoms with E-state index in [2.05, 4.69) is 20.0 Å². The number of ether oxygens (including phenoxy) is 1. The van der Waals surface area contributed by atoms with Gasteiger partial charge in [0.25, 0.3) is 0 Å². The summed E-state index contributed by atoms with van der Waals surface area (Å²) < 4.78 is 41.3. The van der Waals surface area contributed by atoms with Gasteiger partial charge in [0, 0.05) is 10.9 Å². The Morgan fingerprint density at radius 3 is 2.56 bits per heavy atom. The van der Waals surface area contributed by atoms with E-state index >= 15 is 0 Å². The lowest BCUT2D eigenvalue weighted by Gasteiger charge is -2.13. The van der Waals surface area contributed by atoms with Crippen molar-refractivity contribution in [2.24, 2.45) is 10.7 Å². The van der Waals surface area contributed by atoms with Crippen LogP contribution in [0.5, 0.6) is 5.75 Å². The molecule has 1 heterocycles. The van der Waals surface area contributed by atoms with E-state index < -0.39 is 6.36 Å². The molecular formula is C18H15F3N4OS. The van der Waals surface area contributed by atoms with E-state index in [1.54, 1.807) is 6.07 Å². The van der Waals surface area contributed by atoms with Gasteiger partial charge in [-0.1, -0.05) is 42.5 Å². The van der Waals surface area contributed by atoms with Crippen LogP contribution < -0.4 is 15.8 Å². The van der Waals surface area contributed by atoms with Gasteiger partial charge in [0.1, 0.15) is 5.01 Å². The molecule has 0 atom stereocenters. The van der Waals surface area contributed by atoms with Crippen LogP contribution in [0, 0.1) is 0 Å². The Balaban J connectivity index is 1.67. The number of aromatic nitrogens is 1. The minimum absolute atomic E-state index is 0.0373. The van der Waals surface area contributed by atoms with Gasteiger partial charge < -0.3 is 15.8 Å². The van der Waals surface area contributed by atoms with Gasteiger partial charge in [0.05, 0.1) is 17.9 Å². The highest BCUT2D eigenvalue weighted by Crippen LogP contribution is 2.29. The summed E-state index contributed by atoms with van der Waals surface area (Å²) in [6.07, 6.45) is -4.79. The number of nitrogens with zero attached hydrogens (tertiary/aromatic N) is 2. The largest absolute Gasteiger partial charge is 0.573 e. The second-order valence-corrected chi connectivity index (χ2v) is 6.31. The monoisotopic (exact) mass is 392 g/mol. The van der Waals surface area contributed by atoms with Gasteiger partial charge in [-0.3, -0.25) is 0 Å². The molecule has 3 rings (SSSR count). The summed E-state index contributed by atoms with van der Waals surface area (Å²) in [6, 6.07) is 15.3. The molecule has 0 bridgehead atoms. The van der Waals surface area contributed by atoms with E-state index in [4.69, 9.17) is 5.73 Å². The molecule has 0 saturated carbocycles. The first-order valence-corrected chi connectivity index (χ1v) is 8.70. The van der Waals surface area contributed by atoms with E-state index in [1.807, 2.05) is 35.7 Å². The Bertz CT molecular complexity index is 926. The topological polar surface area (TPSA) is 72.5 Å². The van der Waals surface area contributed by atoms with Crippen LogP contribution in [0.15, 0.2) is 65.0 Å². The predicted molar refractivity (Wildman–Crippen MR) is 99.6 cm³/mol. The molecule has 2 aromatic carbocycles. The fourth-order valence-corrected chi connectivity index (χ4v) is 2.97. The van der Waals surface area contributed by atoms with Crippen molar-refractivity contribution in [2.75, 3.05) is 5.32 Å². The number of hydrogen-bond acceptors (Lipinski definition) is 4. The summed E-state index contributed by atoms with van der Waals surface area (Å²) in [4.78, 5) is 8.61. The van der Waals surface area contributed by atoms with E-state index in [0.717, 1.165) is 16.3 Å². The summed E-state index contributed by atoms with van der Waals surface area (Å²) in [5.74, 6) is -0.423. The Labute approximate surface area is 157 Å². The summed E-state index contributed by atoms with van der Waals surface area (Å²) in [5.41, 5.74) is 7.68. The molecule has 9 heteroatoms. The quantitative estimate of drug-likeness (QED) is 0.490. The molecular weight excluding hydrogens is 377 g/mol. The number of alkyl halides is 3. The predicted octanol–water partition coefficient (Wildman–Crippen LogP) is 4.64. The van der Waals surface area contributed by atoms with Gasteiger partial charge in [0.2, 0.25) is 0 Å². The van der Waals surface area contributed by atoms with Crippen molar-refractivity contribution in [3.63, 3.8) is 0 Å². The number of guanidine groups is 1. The molecule has 0 aliphatic carbocycles. The Hall–Kier alpha value is -3.07. The number of nitrogens with one attached hydrogen (secondary N) is 1. The standard InChI is InChI=1S/C18H15F3N4OS/c19-18(20,21)26-15-9-5-4-8-13(15)25-17(22)23-10-16-24-14(11-27-16)12-6-2-1-3-7-12/h1-9,11H,10H2,(H3,22,23,25). The van der Waals surface area contributed by atoms with E-state index in [9.17, 15) is 13.2 Å². The van der Waals surface area contributed by atoms with Crippen LogP contribution in [0.1, 0.15) is 5.01 Å². The van der Waals surface area contributed by atoms with Gasteiger partial charge >= 0.3 is 6.36 Å². The van der Waals surface area contributed by atoms with Crippen molar-refractivity contribution in [1.29, 1.82) is 0 Å². The third-order valence-electron chi connectivity index (χ3n) is 3.38.